The van der Waals surface area contributed by atoms with Crippen molar-refractivity contribution in [1.82, 2.24) is 0 Å². The maximum Gasteiger partial charge on any atom is 0.304 e. The van der Waals surface area contributed by atoms with Crippen LogP contribution in [0.15, 0.2) is 0 Å². The number of carbonyl (C=O) groups is 6. The second kappa shape index (κ2) is 14.7. The maximum atomic E-state index is 12.0. The zero-order chi connectivity index (χ0) is 29.3. The molecule has 8 atom stereocenters. The fourth-order valence-corrected chi connectivity index (χ4v) is 4.11. The van der Waals surface area contributed by atoms with Crippen molar-refractivity contribution in [2.45, 2.75) is 104 Å². The van der Waals surface area contributed by atoms with Crippen molar-refractivity contribution in [2.24, 2.45) is 0 Å². The van der Waals surface area contributed by atoms with Gasteiger partial charge in [0.1, 0.15) is 19.3 Å². The van der Waals surface area contributed by atoms with Crippen LogP contribution < -0.4 is 0 Å². The Bertz CT molecular complexity index is 917. The van der Waals surface area contributed by atoms with E-state index in [1.54, 1.807) is 0 Å². The van der Waals surface area contributed by atoms with Crippen LogP contribution in [0.2, 0.25) is 0 Å². The van der Waals surface area contributed by atoms with Gasteiger partial charge in [0.05, 0.1) is 12.2 Å². The first kappa shape index (κ1) is 31.9. The fraction of sp³-hybridized carbons (Fsp3) is 0.750. The van der Waals surface area contributed by atoms with Crippen LogP contribution in [0.3, 0.4) is 0 Å². The monoisotopic (exact) mass is 562 g/mol. The van der Waals surface area contributed by atoms with Crippen LogP contribution in [-0.2, 0) is 71.4 Å². The van der Waals surface area contributed by atoms with Gasteiger partial charge >= 0.3 is 35.8 Å². The van der Waals surface area contributed by atoms with Gasteiger partial charge in [-0.2, -0.15) is 0 Å². The van der Waals surface area contributed by atoms with Crippen molar-refractivity contribution in [3.63, 3.8) is 0 Å². The summed E-state index contributed by atoms with van der Waals surface area (Å²) < 4.78 is 49.1. The lowest BCUT2D eigenvalue weighted by atomic mass is 9.97. The molecule has 0 aromatic heterocycles. The highest BCUT2D eigenvalue weighted by atomic mass is 16.7. The first-order valence-corrected chi connectivity index (χ1v) is 12.2. The molecule has 0 saturated carbocycles. The average Bonchev–Trinajstić information content (AvgIpc) is 2.79. The van der Waals surface area contributed by atoms with Gasteiger partial charge in [-0.3, -0.25) is 28.8 Å². The van der Waals surface area contributed by atoms with E-state index in [-0.39, 0.29) is 19.4 Å². The summed E-state index contributed by atoms with van der Waals surface area (Å²) in [5.41, 5.74) is 0. The van der Waals surface area contributed by atoms with Crippen molar-refractivity contribution >= 4 is 35.8 Å². The van der Waals surface area contributed by atoms with Crippen molar-refractivity contribution in [3.8, 4) is 0 Å². The molecule has 0 N–H and O–H groups in total. The highest BCUT2D eigenvalue weighted by molar-refractivity contribution is 5.69. The minimum absolute atomic E-state index is 0.0169. The third-order valence-electron chi connectivity index (χ3n) is 5.37. The van der Waals surface area contributed by atoms with E-state index in [2.05, 4.69) is 0 Å². The molecule has 2 heterocycles. The highest BCUT2D eigenvalue weighted by Gasteiger charge is 2.53. The lowest BCUT2D eigenvalue weighted by Gasteiger charge is -2.45. The Hall–Kier alpha value is -3.30. The number of carbonyl (C=O) groups excluding carboxylic acids is 6. The molecule has 0 aliphatic carbocycles. The van der Waals surface area contributed by atoms with E-state index in [1.165, 1.54) is 13.8 Å². The van der Waals surface area contributed by atoms with Gasteiger partial charge in [0, 0.05) is 54.4 Å². The molecule has 0 amide bonds. The average molecular weight is 563 g/mol. The number of rotatable bonds is 10. The van der Waals surface area contributed by atoms with E-state index in [4.69, 9.17) is 42.6 Å². The highest BCUT2D eigenvalue weighted by Crippen LogP contribution is 2.33. The quantitative estimate of drug-likeness (QED) is 0.257. The van der Waals surface area contributed by atoms with Crippen LogP contribution in [0.25, 0.3) is 0 Å². The zero-order valence-electron chi connectivity index (χ0n) is 22.6. The molecule has 0 aromatic rings. The molecule has 39 heavy (non-hydrogen) atoms. The molecule has 0 bridgehead atoms. The molecule has 15 nitrogen and oxygen atoms in total. The predicted octanol–water partition coefficient (Wildman–Crippen LogP) is 0.0860. The van der Waals surface area contributed by atoms with Crippen molar-refractivity contribution < 1.29 is 71.4 Å². The van der Waals surface area contributed by atoms with E-state index >= 15 is 0 Å². The molecular weight excluding hydrogens is 528 g/mol. The van der Waals surface area contributed by atoms with Gasteiger partial charge in [-0.05, 0) is 0 Å². The molecular formula is C24H34O15. The predicted molar refractivity (Wildman–Crippen MR) is 123 cm³/mol. The summed E-state index contributed by atoms with van der Waals surface area (Å²) in [4.78, 5) is 70.2. The fourth-order valence-electron chi connectivity index (χ4n) is 4.11. The topological polar surface area (TPSA) is 185 Å². The normalized spacial score (nSPS) is 30.3. The lowest BCUT2D eigenvalue weighted by molar-refractivity contribution is -0.328. The van der Waals surface area contributed by atoms with Gasteiger partial charge in [0.2, 0.25) is 6.29 Å². The Balaban J connectivity index is 2.39. The minimum atomic E-state index is -1.43. The zero-order valence-corrected chi connectivity index (χ0v) is 22.6. The maximum absolute atomic E-state index is 12.0. The summed E-state index contributed by atoms with van der Waals surface area (Å²) in [6.45, 7) is 6.30. The molecule has 0 unspecified atom stereocenters. The molecule has 0 radical (unpaired) electrons. The third-order valence-corrected chi connectivity index (χ3v) is 5.37. The SMILES string of the molecule is CC(=O)OC[C@H]1C[C@H](O[C@@H]2O[C@H](COC(C)=O)[C@@H](OC(C)=O)[C@H](OC(C)=O)[C@H]2OC(C)=O)C[C@H](OC(C)=O)O1. The van der Waals surface area contributed by atoms with Crippen molar-refractivity contribution in [2.75, 3.05) is 13.2 Å². The Morgan fingerprint density at radius 3 is 1.64 bits per heavy atom. The van der Waals surface area contributed by atoms with Crippen LogP contribution in [-0.4, -0.2) is 98.2 Å². The van der Waals surface area contributed by atoms with E-state index in [1.807, 2.05) is 0 Å². The number of hydrogen-bond acceptors (Lipinski definition) is 15. The Labute approximate surface area is 224 Å². The molecule has 0 aromatic carbocycles. The van der Waals surface area contributed by atoms with E-state index in [0.717, 1.165) is 27.7 Å². The van der Waals surface area contributed by atoms with Gasteiger partial charge in [-0.1, -0.05) is 0 Å². The number of esters is 6. The first-order chi connectivity index (χ1) is 18.2. The molecule has 220 valence electrons. The minimum Gasteiger partial charge on any atom is -0.463 e. The van der Waals surface area contributed by atoms with Crippen LogP contribution in [0.4, 0.5) is 0 Å². The smallest absolute Gasteiger partial charge is 0.304 e. The summed E-state index contributed by atoms with van der Waals surface area (Å²) in [6.07, 6.45) is -9.21. The Morgan fingerprint density at radius 2 is 1.10 bits per heavy atom. The van der Waals surface area contributed by atoms with Gasteiger partial charge < -0.3 is 42.6 Å². The van der Waals surface area contributed by atoms with Gasteiger partial charge in [0.25, 0.3) is 0 Å². The lowest BCUT2D eigenvalue weighted by Crippen LogP contribution is -2.63. The molecule has 15 heteroatoms. The molecule has 2 aliphatic rings. The molecule has 2 aliphatic heterocycles. The van der Waals surface area contributed by atoms with Crippen LogP contribution in [0, 0.1) is 0 Å². The molecule has 2 saturated heterocycles. The summed E-state index contributed by atoms with van der Waals surface area (Å²) >= 11 is 0. The summed E-state index contributed by atoms with van der Waals surface area (Å²) in [7, 11) is 0. The Morgan fingerprint density at radius 1 is 0.590 bits per heavy atom. The number of ether oxygens (including phenoxy) is 9. The van der Waals surface area contributed by atoms with Gasteiger partial charge in [-0.15, -0.1) is 0 Å². The van der Waals surface area contributed by atoms with Crippen LogP contribution in [0.1, 0.15) is 54.4 Å². The van der Waals surface area contributed by atoms with E-state index in [0.29, 0.717) is 0 Å². The summed E-state index contributed by atoms with van der Waals surface area (Å²) in [5, 5.41) is 0. The van der Waals surface area contributed by atoms with Gasteiger partial charge in [0.15, 0.2) is 24.6 Å². The third kappa shape index (κ3) is 10.8. The van der Waals surface area contributed by atoms with Crippen LogP contribution >= 0.6 is 0 Å². The standard InChI is InChI=1S/C24H34O15/c1-11(25)31-9-18-7-17(8-20(37-18)33-13(3)27)38-24-23(36-16(6)30)22(35-15(5)29)21(34-14(4)28)19(39-24)10-32-12(2)26/h17-24H,7-10H2,1-6H3/t17-,18+,19+,20+,21+,22-,23+,24+/m0/s1. The molecule has 0 spiro atoms. The number of hydrogen-bond donors (Lipinski definition) is 0. The van der Waals surface area contributed by atoms with E-state index in [9.17, 15) is 28.8 Å². The van der Waals surface area contributed by atoms with E-state index < -0.39 is 91.6 Å². The Kier molecular flexibility index (Phi) is 12.1. The van der Waals surface area contributed by atoms with Crippen molar-refractivity contribution in [1.29, 1.82) is 0 Å². The first-order valence-electron chi connectivity index (χ1n) is 12.2. The van der Waals surface area contributed by atoms with Gasteiger partial charge in [-0.25, -0.2) is 0 Å². The van der Waals surface area contributed by atoms with Crippen molar-refractivity contribution in [3.05, 3.63) is 0 Å². The largest absolute Gasteiger partial charge is 0.463 e. The second-order valence-corrected chi connectivity index (χ2v) is 8.90. The summed E-state index contributed by atoms with van der Waals surface area (Å²) in [5.74, 6) is -4.18. The second-order valence-electron chi connectivity index (χ2n) is 8.90. The van der Waals surface area contributed by atoms with Crippen LogP contribution in [0.5, 0.6) is 0 Å². The summed E-state index contributed by atoms with van der Waals surface area (Å²) in [6, 6.07) is 0. The molecule has 2 fully saturated rings. The molecule has 2 rings (SSSR count).